The lowest BCUT2D eigenvalue weighted by Crippen LogP contribution is -2.44. The molecule has 1 atom stereocenters. The van der Waals surface area contributed by atoms with Gasteiger partial charge in [-0.15, -0.1) is 0 Å². The van der Waals surface area contributed by atoms with Crippen molar-refractivity contribution in [2.75, 3.05) is 11.6 Å². The topological polar surface area (TPSA) is 104 Å². The van der Waals surface area contributed by atoms with E-state index in [0.29, 0.717) is 35.2 Å². The highest BCUT2D eigenvalue weighted by Crippen LogP contribution is 2.32. The molecule has 3 aromatic heterocycles. The molecule has 9 heteroatoms. The number of imidazole rings is 1. The number of hydrogen-bond donors (Lipinski definition) is 2. The fourth-order valence-electron chi connectivity index (χ4n) is 4.48. The van der Waals surface area contributed by atoms with Crippen molar-refractivity contribution in [2.24, 2.45) is 0 Å². The highest BCUT2D eigenvalue weighted by molar-refractivity contribution is 7.91. The van der Waals surface area contributed by atoms with Gasteiger partial charge >= 0.3 is 0 Å². The second-order valence-electron chi connectivity index (χ2n) is 8.54. The molecule has 0 saturated carbocycles. The molecule has 2 aromatic carbocycles. The molecule has 0 amide bonds. The van der Waals surface area contributed by atoms with E-state index in [1.807, 2.05) is 59.1 Å². The van der Waals surface area contributed by atoms with Crippen LogP contribution < -0.4 is 5.01 Å². The molecule has 2 N–H and O–H groups in total. The average molecular weight is 490 g/mol. The van der Waals surface area contributed by atoms with Gasteiger partial charge in [0.05, 0.1) is 24.1 Å². The molecule has 0 aliphatic rings. The first kappa shape index (κ1) is 23.1. The van der Waals surface area contributed by atoms with Gasteiger partial charge in [0.25, 0.3) is 0 Å². The molecule has 5 aromatic rings. The summed E-state index contributed by atoms with van der Waals surface area (Å²) in [6.45, 7) is 4.24. The minimum atomic E-state index is -3.94. The van der Waals surface area contributed by atoms with Gasteiger partial charge in [-0.2, -0.15) is 0 Å². The predicted molar refractivity (Wildman–Crippen MR) is 136 cm³/mol. The third-order valence-electron chi connectivity index (χ3n) is 6.35. The lowest BCUT2D eigenvalue weighted by Gasteiger charge is -2.33. The molecule has 0 bridgehead atoms. The van der Waals surface area contributed by atoms with Crippen LogP contribution >= 0.6 is 0 Å². The monoisotopic (exact) mass is 489 g/mol. The van der Waals surface area contributed by atoms with Crippen molar-refractivity contribution in [3.63, 3.8) is 0 Å². The van der Waals surface area contributed by atoms with Crippen molar-refractivity contribution in [1.82, 2.24) is 19.6 Å². The normalized spacial score (nSPS) is 12.9. The van der Waals surface area contributed by atoms with E-state index in [2.05, 4.69) is 15.0 Å². The van der Waals surface area contributed by atoms with E-state index >= 15 is 0 Å². The van der Waals surface area contributed by atoms with Gasteiger partial charge < -0.3 is 15.1 Å². The summed E-state index contributed by atoms with van der Waals surface area (Å²) in [5.41, 5.74) is 3.10. The van der Waals surface area contributed by atoms with E-state index in [9.17, 15) is 13.5 Å². The third kappa shape index (κ3) is 3.96. The molecule has 0 aliphatic heterocycles. The van der Waals surface area contributed by atoms with Crippen LogP contribution in [0, 0.1) is 6.92 Å². The number of aromatic amines is 1. The number of sulfone groups is 1. The Balaban J connectivity index is 1.76. The van der Waals surface area contributed by atoms with Crippen LogP contribution in [0.5, 0.6) is 0 Å². The number of H-pyrrole nitrogens is 1. The van der Waals surface area contributed by atoms with Crippen molar-refractivity contribution < 1.29 is 13.5 Å². The van der Waals surface area contributed by atoms with Crippen molar-refractivity contribution in [3.8, 4) is 0 Å². The van der Waals surface area contributed by atoms with E-state index in [0.717, 1.165) is 10.9 Å². The summed E-state index contributed by atoms with van der Waals surface area (Å²) in [5, 5.41) is 12.9. The smallest absolute Gasteiger partial charge is 0.226 e. The van der Waals surface area contributed by atoms with Gasteiger partial charge in [-0.3, -0.25) is 0 Å². The minimum Gasteiger partial charge on any atom is -0.394 e. The van der Waals surface area contributed by atoms with Gasteiger partial charge in [0.15, 0.2) is 5.03 Å². The van der Waals surface area contributed by atoms with Crippen LogP contribution in [0.4, 0.5) is 0 Å². The van der Waals surface area contributed by atoms with E-state index in [-0.39, 0.29) is 22.6 Å². The van der Waals surface area contributed by atoms with Gasteiger partial charge in [0.2, 0.25) is 9.84 Å². The number of benzene rings is 2. The number of pyridine rings is 1. The van der Waals surface area contributed by atoms with Crippen LogP contribution in [0.15, 0.2) is 83.1 Å². The molecule has 0 fully saturated rings. The van der Waals surface area contributed by atoms with Crippen LogP contribution in [0.3, 0.4) is 0 Å². The Morgan fingerprint density at radius 2 is 1.83 bits per heavy atom. The standard InChI is InChI=1S/C26H27N5O3S/c1-3-20(16-32)30(15-19-10-5-4-6-11-19)31-17-28-23-24(31)21-13-14-27-25(21)29-26(23)35(33,34)22-12-8-7-9-18(22)2/h4-14,17,20,32H,3,15-16H2,1-2H3,(H,27,29)/t20-/m1/s1. The zero-order chi connectivity index (χ0) is 24.6. The second-order valence-corrected chi connectivity index (χ2v) is 10.4. The van der Waals surface area contributed by atoms with Gasteiger partial charge in [0, 0.05) is 11.6 Å². The maximum absolute atomic E-state index is 13.8. The highest BCUT2D eigenvalue weighted by Gasteiger charge is 2.29. The van der Waals surface area contributed by atoms with Crippen molar-refractivity contribution in [1.29, 1.82) is 0 Å². The Hall–Kier alpha value is -3.69. The number of nitrogens with zero attached hydrogens (tertiary/aromatic N) is 4. The molecule has 3 heterocycles. The molecule has 0 aliphatic carbocycles. The average Bonchev–Trinajstić information content (AvgIpc) is 3.51. The lowest BCUT2D eigenvalue weighted by atomic mass is 10.1. The number of aliphatic hydroxyl groups is 1. The molecule has 5 rings (SSSR count). The van der Waals surface area contributed by atoms with E-state index in [4.69, 9.17) is 0 Å². The Morgan fingerprint density at radius 1 is 1.09 bits per heavy atom. The highest BCUT2D eigenvalue weighted by atomic mass is 32.2. The van der Waals surface area contributed by atoms with Gasteiger partial charge in [-0.1, -0.05) is 55.5 Å². The first-order valence-electron chi connectivity index (χ1n) is 11.5. The fourth-order valence-corrected chi connectivity index (χ4v) is 6.05. The molecular formula is C26H27N5O3S. The van der Waals surface area contributed by atoms with Crippen molar-refractivity contribution >= 4 is 31.9 Å². The Bertz CT molecular complexity index is 1590. The first-order valence-corrected chi connectivity index (χ1v) is 13.0. The van der Waals surface area contributed by atoms with E-state index in [1.54, 1.807) is 37.6 Å². The Labute approximate surface area is 203 Å². The lowest BCUT2D eigenvalue weighted by molar-refractivity contribution is 0.238. The van der Waals surface area contributed by atoms with Crippen LogP contribution in [-0.2, 0) is 16.4 Å². The van der Waals surface area contributed by atoms with Crippen LogP contribution in [0.2, 0.25) is 0 Å². The molecule has 0 radical (unpaired) electrons. The van der Waals surface area contributed by atoms with Crippen molar-refractivity contribution in [2.45, 2.75) is 42.8 Å². The van der Waals surface area contributed by atoms with Gasteiger partial charge in [-0.25, -0.2) is 23.1 Å². The summed E-state index contributed by atoms with van der Waals surface area (Å²) in [7, 11) is -3.94. The van der Waals surface area contributed by atoms with Crippen LogP contribution in [0.25, 0.3) is 22.1 Å². The summed E-state index contributed by atoms with van der Waals surface area (Å²) in [5.74, 6) is 0. The predicted octanol–water partition coefficient (Wildman–Crippen LogP) is 3.96. The van der Waals surface area contributed by atoms with Gasteiger partial charge in [0.1, 0.15) is 23.0 Å². The second kappa shape index (κ2) is 9.16. The van der Waals surface area contributed by atoms with Crippen LogP contribution in [0.1, 0.15) is 24.5 Å². The number of aryl methyl sites for hydroxylation is 1. The zero-order valence-corrected chi connectivity index (χ0v) is 20.4. The molecule has 180 valence electrons. The Kier molecular flexibility index (Phi) is 6.04. The zero-order valence-electron chi connectivity index (χ0n) is 19.6. The molecule has 35 heavy (non-hydrogen) atoms. The number of aliphatic hydroxyl groups excluding tert-OH is 1. The summed E-state index contributed by atoms with van der Waals surface area (Å²) < 4.78 is 29.4. The van der Waals surface area contributed by atoms with E-state index < -0.39 is 9.84 Å². The van der Waals surface area contributed by atoms with Crippen molar-refractivity contribution in [3.05, 3.63) is 84.3 Å². The molecule has 0 unspecified atom stereocenters. The number of hydrogen-bond acceptors (Lipinski definition) is 6. The number of fused-ring (bicyclic) bond motifs is 3. The molecule has 8 nitrogen and oxygen atoms in total. The summed E-state index contributed by atoms with van der Waals surface area (Å²) >= 11 is 0. The SMILES string of the molecule is CC[C@H](CO)N(Cc1ccccc1)n1cnc2c(S(=O)(=O)c3ccccc3C)nc3[nH]ccc3c21. The summed E-state index contributed by atoms with van der Waals surface area (Å²) in [6, 6.07) is 18.5. The minimum absolute atomic E-state index is 0.0568. The number of rotatable bonds is 8. The quantitative estimate of drug-likeness (QED) is 0.342. The summed E-state index contributed by atoms with van der Waals surface area (Å²) in [6.07, 6.45) is 4.05. The fraction of sp³-hybridized carbons (Fsp3) is 0.231. The Morgan fingerprint density at radius 3 is 2.54 bits per heavy atom. The maximum Gasteiger partial charge on any atom is 0.226 e. The van der Waals surface area contributed by atoms with E-state index in [1.165, 1.54) is 0 Å². The number of aromatic nitrogens is 4. The van der Waals surface area contributed by atoms with Gasteiger partial charge in [-0.05, 0) is 36.6 Å². The van der Waals surface area contributed by atoms with Crippen LogP contribution in [-0.4, -0.2) is 45.8 Å². The molecule has 0 saturated heterocycles. The molecule has 0 spiro atoms. The third-order valence-corrected chi connectivity index (χ3v) is 8.18. The number of nitrogens with one attached hydrogen (secondary N) is 1. The summed E-state index contributed by atoms with van der Waals surface area (Å²) in [4.78, 5) is 12.3. The first-order chi connectivity index (χ1) is 17.0. The largest absolute Gasteiger partial charge is 0.394 e. The molecular weight excluding hydrogens is 462 g/mol. The maximum atomic E-state index is 13.8.